The molecule has 3 amide bonds. The fourth-order valence-electron chi connectivity index (χ4n) is 1.50. The minimum absolute atomic E-state index is 0.0494. The van der Waals surface area contributed by atoms with Gasteiger partial charge in [0.2, 0.25) is 5.91 Å². The molecule has 6 nitrogen and oxygen atoms in total. The first-order valence-electron chi connectivity index (χ1n) is 5.21. The van der Waals surface area contributed by atoms with Crippen molar-refractivity contribution in [2.45, 2.75) is 13.8 Å². The summed E-state index contributed by atoms with van der Waals surface area (Å²) in [6.07, 6.45) is 0. The van der Waals surface area contributed by atoms with Crippen LogP contribution in [0.2, 0.25) is 0 Å². The van der Waals surface area contributed by atoms with Gasteiger partial charge in [-0.2, -0.15) is 0 Å². The minimum atomic E-state index is -0.281. The zero-order valence-electron chi connectivity index (χ0n) is 9.98. The fraction of sp³-hybridized carbons (Fsp3) is 0.500. The number of anilines is 1. The van der Waals surface area contributed by atoms with Gasteiger partial charge >= 0.3 is 6.03 Å². The summed E-state index contributed by atoms with van der Waals surface area (Å²) in [6.45, 7) is 4.31. The predicted octanol–water partition coefficient (Wildman–Crippen LogP) is 1.02. The van der Waals surface area contributed by atoms with Crippen molar-refractivity contribution in [1.82, 2.24) is 14.8 Å². The molecule has 1 aliphatic rings. The average Bonchev–Trinajstić information content (AvgIpc) is 2.73. The van der Waals surface area contributed by atoms with Crippen LogP contribution in [0.3, 0.4) is 0 Å². The SMILES string of the molecule is Cc1nc(NC(=O)N2CC(=O)N(C)C2)sc1C. The number of likely N-dealkylation sites (N-methyl/N-ethyl adjacent to an activating group) is 1. The predicted molar refractivity (Wildman–Crippen MR) is 64.9 cm³/mol. The second kappa shape index (κ2) is 4.33. The molecule has 1 N–H and O–H groups in total. The van der Waals surface area contributed by atoms with E-state index in [1.807, 2.05) is 13.8 Å². The molecular weight excluding hydrogens is 240 g/mol. The Labute approximate surface area is 103 Å². The summed E-state index contributed by atoms with van der Waals surface area (Å²) in [7, 11) is 1.67. The van der Waals surface area contributed by atoms with Crippen molar-refractivity contribution < 1.29 is 9.59 Å². The lowest BCUT2D eigenvalue weighted by Crippen LogP contribution is -2.34. The maximum Gasteiger partial charge on any atom is 0.325 e. The number of hydrogen-bond acceptors (Lipinski definition) is 4. The number of urea groups is 1. The van der Waals surface area contributed by atoms with E-state index >= 15 is 0 Å². The number of aromatic nitrogens is 1. The van der Waals surface area contributed by atoms with Gasteiger partial charge in [0.1, 0.15) is 6.54 Å². The van der Waals surface area contributed by atoms with Crippen LogP contribution in [0.25, 0.3) is 0 Å². The van der Waals surface area contributed by atoms with Gasteiger partial charge in [-0.3, -0.25) is 15.0 Å². The Morgan fingerprint density at radius 3 is 2.65 bits per heavy atom. The normalized spacial score (nSPS) is 15.6. The Kier molecular flexibility index (Phi) is 3.01. The van der Waals surface area contributed by atoms with Crippen molar-refractivity contribution >= 4 is 28.4 Å². The highest BCUT2D eigenvalue weighted by atomic mass is 32.1. The van der Waals surface area contributed by atoms with Crippen LogP contribution in [0.1, 0.15) is 10.6 Å². The second-order valence-corrected chi connectivity index (χ2v) is 5.23. The quantitative estimate of drug-likeness (QED) is 0.813. The van der Waals surface area contributed by atoms with Gasteiger partial charge in [0, 0.05) is 11.9 Å². The first kappa shape index (κ1) is 11.8. The molecule has 0 spiro atoms. The van der Waals surface area contributed by atoms with E-state index in [0.717, 1.165) is 10.6 Å². The average molecular weight is 254 g/mol. The maximum absolute atomic E-state index is 11.8. The molecular formula is C10H14N4O2S. The van der Waals surface area contributed by atoms with E-state index in [0.29, 0.717) is 11.8 Å². The molecule has 1 aromatic heterocycles. The molecule has 1 aliphatic heterocycles. The monoisotopic (exact) mass is 254 g/mol. The van der Waals surface area contributed by atoms with Gasteiger partial charge < -0.3 is 4.90 Å². The van der Waals surface area contributed by atoms with Crippen molar-refractivity contribution in [2.24, 2.45) is 0 Å². The van der Waals surface area contributed by atoms with Crippen molar-refractivity contribution in [3.8, 4) is 0 Å². The van der Waals surface area contributed by atoms with Gasteiger partial charge in [0.05, 0.1) is 12.4 Å². The lowest BCUT2D eigenvalue weighted by Gasteiger charge is -2.14. The van der Waals surface area contributed by atoms with Crippen molar-refractivity contribution in [1.29, 1.82) is 0 Å². The molecule has 92 valence electrons. The van der Waals surface area contributed by atoms with Crippen LogP contribution in [0.4, 0.5) is 9.93 Å². The lowest BCUT2D eigenvalue weighted by molar-refractivity contribution is -0.125. The van der Waals surface area contributed by atoms with Crippen LogP contribution in [0.5, 0.6) is 0 Å². The largest absolute Gasteiger partial charge is 0.326 e. The molecule has 0 aromatic carbocycles. The van der Waals surface area contributed by atoms with E-state index in [2.05, 4.69) is 10.3 Å². The third-order valence-electron chi connectivity index (χ3n) is 2.66. The number of carbonyl (C=O) groups excluding carboxylic acids is 2. The number of hydrogen-bond donors (Lipinski definition) is 1. The number of nitrogens with one attached hydrogen (secondary N) is 1. The Hall–Kier alpha value is -1.63. The van der Waals surface area contributed by atoms with Gasteiger partial charge in [-0.25, -0.2) is 9.78 Å². The van der Waals surface area contributed by atoms with Crippen molar-refractivity contribution in [3.05, 3.63) is 10.6 Å². The van der Waals surface area contributed by atoms with E-state index in [1.54, 1.807) is 7.05 Å². The molecule has 1 fully saturated rings. The summed E-state index contributed by atoms with van der Waals surface area (Å²) in [5.74, 6) is -0.0494. The van der Waals surface area contributed by atoms with Crippen LogP contribution in [0.15, 0.2) is 0 Å². The minimum Gasteiger partial charge on any atom is -0.326 e. The zero-order chi connectivity index (χ0) is 12.6. The summed E-state index contributed by atoms with van der Waals surface area (Å²) < 4.78 is 0. The molecule has 2 heterocycles. The Bertz CT molecular complexity index is 451. The first-order valence-corrected chi connectivity index (χ1v) is 6.03. The van der Waals surface area contributed by atoms with E-state index in [9.17, 15) is 9.59 Å². The molecule has 1 saturated heterocycles. The summed E-state index contributed by atoms with van der Waals surface area (Å²) >= 11 is 1.43. The summed E-state index contributed by atoms with van der Waals surface area (Å²) in [4.78, 5) is 31.4. The molecule has 7 heteroatoms. The molecule has 2 rings (SSSR count). The van der Waals surface area contributed by atoms with Crippen LogP contribution >= 0.6 is 11.3 Å². The Morgan fingerprint density at radius 2 is 2.18 bits per heavy atom. The van der Waals surface area contributed by atoms with Crippen molar-refractivity contribution in [2.75, 3.05) is 25.6 Å². The van der Waals surface area contributed by atoms with E-state index in [-0.39, 0.29) is 18.5 Å². The van der Waals surface area contributed by atoms with Crippen LogP contribution in [-0.2, 0) is 4.79 Å². The first-order chi connectivity index (χ1) is 7.97. The number of carbonyl (C=O) groups is 2. The Balaban J connectivity index is 2.00. The molecule has 0 atom stereocenters. The number of nitrogens with zero attached hydrogens (tertiary/aromatic N) is 3. The highest BCUT2D eigenvalue weighted by Gasteiger charge is 2.28. The second-order valence-electron chi connectivity index (χ2n) is 4.02. The third-order valence-corrected chi connectivity index (χ3v) is 3.65. The van der Waals surface area contributed by atoms with Gasteiger partial charge in [-0.1, -0.05) is 0 Å². The fourth-order valence-corrected chi connectivity index (χ4v) is 2.31. The van der Waals surface area contributed by atoms with Crippen LogP contribution < -0.4 is 5.32 Å². The van der Waals surface area contributed by atoms with Gasteiger partial charge in [0.25, 0.3) is 0 Å². The number of amides is 3. The lowest BCUT2D eigenvalue weighted by atomic mass is 10.4. The van der Waals surface area contributed by atoms with Gasteiger partial charge in [0.15, 0.2) is 5.13 Å². The van der Waals surface area contributed by atoms with Crippen LogP contribution in [-0.4, -0.2) is 47.0 Å². The van der Waals surface area contributed by atoms with Gasteiger partial charge in [-0.15, -0.1) is 11.3 Å². The molecule has 0 radical (unpaired) electrons. The topological polar surface area (TPSA) is 65.5 Å². The van der Waals surface area contributed by atoms with E-state index < -0.39 is 0 Å². The van der Waals surface area contributed by atoms with Gasteiger partial charge in [-0.05, 0) is 13.8 Å². The molecule has 0 unspecified atom stereocenters. The van der Waals surface area contributed by atoms with E-state index in [1.165, 1.54) is 21.1 Å². The Morgan fingerprint density at radius 1 is 1.47 bits per heavy atom. The van der Waals surface area contributed by atoms with Crippen molar-refractivity contribution in [3.63, 3.8) is 0 Å². The zero-order valence-corrected chi connectivity index (χ0v) is 10.8. The number of aryl methyl sites for hydroxylation is 2. The highest BCUT2D eigenvalue weighted by molar-refractivity contribution is 7.15. The number of rotatable bonds is 1. The summed E-state index contributed by atoms with van der Waals surface area (Å²) in [5, 5.41) is 3.28. The van der Waals surface area contributed by atoms with Crippen LogP contribution in [0, 0.1) is 13.8 Å². The smallest absolute Gasteiger partial charge is 0.325 e. The number of thiazole rings is 1. The molecule has 17 heavy (non-hydrogen) atoms. The summed E-state index contributed by atoms with van der Waals surface area (Å²) in [6, 6.07) is -0.281. The molecule has 0 saturated carbocycles. The highest BCUT2D eigenvalue weighted by Crippen LogP contribution is 2.21. The standard InChI is InChI=1S/C10H14N4O2S/c1-6-7(2)17-9(11-6)12-10(16)14-4-8(15)13(3)5-14/h4-5H2,1-3H3,(H,11,12,16). The third kappa shape index (κ3) is 2.38. The summed E-state index contributed by atoms with van der Waals surface area (Å²) in [5.41, 5.74) is 0.917. The molecule has 0 aliphatic carbocycles. The maximum atomic E-state index is 11.8. The molecule has 1 aromatic rings. The van der Waals surface area contributed by atoms with E-state index in [4.69, 9.17) is 0 Å². The molecule has 0 bridgehead atoms.